The van der Waals surface area contributed by atoms with Crippen LogP contribution in [-0.4, -0.2) is 9.97 Å². The van der Waals surface area contributed by atoms with Crippen LogP contribution in [0.2, 0.25) is 0 Å². The molecule has 1 N–H and O–H groups in total. The predicted molar refractivity (Wildman–Crippen MR) is 72.7 cm³/mol. The van der Waals surface area contributed by atoms with Crippen LogP contribution in [0.3, 0.4) is 0 Å². The van der Waals surface area contributed by atoms with Gasteiger partial charge >= 0.3 is 0 Å². The van der Waals surface area contributed by atoms with E-state index in [9.17, 15) is 0 Å². The van der Waals surface area contributed by atoms with Crippen LogP contribution in [-0.2, 0) is 12.8 Å². The molecule has 0 saturated carbocycles. The minimum Gasteiger partial charge on any atom is -0.351 e. The first-order chi connectivity index (χ1) is 8.35. The molecule has 0 fully saturated rings. The molecule has 88 valence electrons. The normalized spacial score (nSPS) is 11.2. The zero-order chi connectivity index (χ0) is 12.1. The molecule has 0 atom stereocenters. The van der Waals surface area contributed by atoms with Gasteiger partial charge in [-0.1, -0.05) is 38.1 Å². The minimum absolute atomic E-state index is 0.967. The largest absolute Gasteiger partial charge is 0.351 e. The lowest BCUT2D eigenvalue weighted by Crippen LogP contribution is -1.93. The molecule has 2 heteroatoms. The number of hydrogen-bond acceptors (Lipinski definition) is 1. The predicted octanol–water partition coefficient (Wildman–Crippen LogP) is 3.70. The van der Waals surface area contributed by atoms with Crippen molar-refractivity contribution >= 4 is 12.2 Å². The van der Waals surface area contributed by atoms with Crippen molar-refractivity contribution in [3.63, 3.8) is 0 Å². The Bertz CT molecular complexity index is 496. The van der Waals surface area contributed by atoms with Crippen LogP contribution in [0.5, 0.6) is 0 Å². The Morgan fingerprint density at radius 3 is 2.71 bits per heavy atom. The van der Waals surface area contributed by atoms with Gasteiger partial charge in [0.15, 0.2) is 0 Å². The van der Waals surface area contributed by atoms with Crippen LogP contribution >= 0.6 is 0 Å². The molecule has 0 amide bonds. The van der Waals surface area contributed by atoms with Crippen molar-refractivity contribution < 1.29 is 0 Å². The van der Waals surface area contributed by atoms with Crippen LogP contribution in [0.1, 0.15) is 36.2 Å². The first-order valence-corrected chi connectivity index (χ1v) is 6.12. The second-order valence-corrected chi connectivity index (χ2v) is 4.02. The minimum atomic E-state index is 0.967. The summed E-state index contributed by atoms with van der Waals surface area (Å²) in [5, 5.41) is 0. The van der Waals surface area contributed by atoms with Gasteiger partial charge in [0.05, 0.1) is 12.0 Å². The lowest BCUT2D eigenvalue weighted by Gasteiger charge is -2.09. The molecule has 1 heterocycles. The number of aryl methyl sites for hydroxylation is 1. The number of nitrogens with one attached hydrogen (secondary N) is 1. The third-order valence-corrected chi connectivity index (χ3v) is 3.00. The third-order valence-electron chi connectivity index (χ3n) is 3.00. The van der Waals surface area contributed by atoms with Crippen molar-refractivity contribution in [3.8, 4) is 0 Å². The maximum absolute atomic E-state index is 4.19. The van der Waals surface area contributed by atoms with E-state index in [1.165, 1.54) is 16.7 Å². The highest BCUT2D eigenvalue weighted by Gasteiger charge is 2.02. The van der Waals surface area contributed by atoms with Crippen LogP contribution in [0.15, 0.2) is 30.7 Å². The zero-order valence-corrected chi connectivity index (χ0v) is 10.4. The number of imidazole rings is 1. The molecule has 1 aromatic heterocycles. The van der Waals surface area contributed by atoms with Gasteiger partial charge in [0.2, 0.25) is 0 Å². The quantitative estimate of drug-likeness (QED) is 0.846. The standard InChI is InChI=1S/C15H18N2/c1-3-12-6-5-7-13(15(12)4-2)8-9-14-10-16-11-17-14/h5-11H,3-4H2,1-2H3,(H,16,17). The van der Waals surface area contributed by atoms with E-state index in [0.29, 0.717) is 0 Å². The lowest BCUT2D eigenvalue weighted by atomic mass is 9.97. The zero-order valence-electron chi connectivity index (χ0n) is 10.4. The number of hydrogen-bond donors (Lipinski definition) is 1. The first kappa shape index (κ1) is 11.6. The summed E-state index contributed by atoms with van der Waals surface area (Å²) in [6.45, 7) is 4.41. The van der Waals surface area contributed by atoms with Gasteiger partial charge in [-0.2, -0.15) is 0 Å². The maximum atomic E-state index is 4.19. The summed E-state index contributed by atoms with van der Waals surface area (Å²) in [4.78, 5) is 7.14. The Hall–Kier alpha value is -1.83. The lowest BCUT2D eigenvalue weighted by molar-refractivity contribution is 1.03. The average molecular weight is 226 g/mol. The van der Waals surface area contributed by atoms with E-state index in [4.69, 9.17) is 0 Å². The molecule has 2 rings (SSSR count). The fourth-order valence-corrected chi connectivity index (χ4v) is 2.11. The van der Waals surface area contributed by atoms with E-state index in [2.05, 4.69) is 48.1 Å². The highest BCUT2D eigenvalue weighted by atomic mass is 14.8. The number of H-pyrrole nitrogens is 1. The maximum Gasteiger partial charge on any atom is 0.0927 e. The Labute approximate surface area is 102 Å². The van der Waals surface area contributed by atoms with Crippen molar-refractivity contribution in [2.24, 2.45) is 0 Å². The van der Waals surface area contributed by atoms with Crippen LogP contribution < -0.4 is 0 Å². The highest BCUT2D eigenvalue weighted by Crippen LogP contribution is 2.18. The Kier molecular flexibility index (Phi) is 3.76. The molecule has 0 spiro atoms. The first-order valence-electron chi connectivity index (χ1n) is 6.12. The molecule has 0 radical (unpaired) electrons. The van der Waals surface area contributed by atoms with E-state index in [-0.39, 0.29) is 0 Å². The molecule has 17 heavy (non-hydrogen) atoms. The van der Waals surface area contributed by atoms with Gasteiger partial charge in [-0.3, -0.25) is 0 Å². The van der Waals surface area contributed by atoms with E-state index >= 15 is 0 Å². The summed E-state index contributed by atoms with van der Waals surface area (Å²) in [5.41, 5.74) is 5.15. The van der Waals surface area contributed by atoms with Crippen LogP contribution in [0, 0.1) is 0 Å². The fraction of sp³-hybridized carbons (Fsp3) is 0.267. The number of rotatable bonds is 4. The van der Waals surface area contributed by atoms with E-state index in [1.54, 1.807) is 6.33 Å². The topological polar surface area (TPSA) is 28.7 Å². The average Bonchev–Trinajstić information content (AvgIpc) is 2.88. The number of aromatic nitrogens is 2. The van der Waals surface area contributed by atoms with Gasteiger partial charge < -0.3 is 4.98 Å². The molecule has 0 aliphatic carbocycles. The van der Waals surface area contributed by atoms with Gasteiger partial charge in [-0.15, -0.1) is 0 Å². The van der Waals surface area contributed by atoms with Gasteiger partial charge in [0.1, 0.15) is 0 Å². The van der Waals surface area contributed by atoms with Crippen molar-refractivity contribution in [2.75, 3.05) is 0 Å². The number of nitrogens with zero attached hydrogens (tertiary/aromatic N) is 1. The van der Waals surface area contributed by atoms with Crippen molar-refractivity contribution in [2.45, 2.75) is 26.7 Å². The van der Waals surface area contributed by atoms with Gasteiger partial charge in [0, 0.05) is 6.20 Å². The smallest absolute Gasteiger partial charge is 0.0927 e. The summed E-state index contributed by atoms with van der Waals surface area (Å²) >= 11 is 0. The van der Waals surface area contributed by atoms with E-state index in [1.807, 2.05) is 12.3 Å². The number of benzene rings is 1. The van der Waals surface area contributed by atoms with Gasteiger partial charge in [-0.05, 0) is 35.6 Å². The SMILES string of the molecule is CCc1cccc(C=Cc2c[nH]cn2)c1CC. The molecule has 0 aliphatic rings. The molecule has 0 bridgehead atoms. The van der Waals surface area contributed by atoms with Crippen LogP contribution in [0.4, 0.5) is 0 Å². The Morgan fingerprint density at radius 1 is 1.18 bits per heavy atom. The summed E-state index contributed by atoms with van der Waals surface area (Å²) < 4.78 is 0. The van der Waals surface area contributed by atoms with Crippen molar-refractivity contribution in [1.82, 2.24) is 9.97 Å². The highest BCUT2D eigenvalue weighted by molar-refractivity contribution is 5.70. The molecular formula is C15H18N2. The monoisotopic (exact) mass is 226 g/mol. The molecular weight excluding hydrogens is 208 g/mol. The molecule has 0 aliphatic heterocycles. The molecule has 0 unspecified atom stereocenters. The fourth-order valence-electron chi connectivity index (χ4n) is 2.11. The summed E-state index contributed by atoms with van der Waals surface area (Å²) in [6.07, 6.45) is 9.95. The van der Waals surface area contributed by atoms with Crippen LogP contribution in [0.25, 0.3) is 12.2 Å². The third kappa shape index (κ3) is 2.64. The second kappa shape index (κ2) is 5.48. The Balaban J connectivity index is 2.32. The molecule has 2 aromatic rings. The molecule has 1 aromatic carbocycles. The summed E-state index contributed by atoms with van der Waals surface area (Å²) in [5.74, 6) is 0. The van der Waals surface area contributed by atoms with Gasteiger partial charge in [0.25, 0.3) is 0 Å². The number of aromatic amines is 1. The van der Waals surface area contributed by atoms with Crippen molar-refractivity contribution in [3.05, 3.63) is 53.1 Å². The molecule has 2 nitrogen and oxygen atoms in total. The van der Waals surface area contributed by atoms with Crippen molar-refractivity contribution in [1.29, 1.82) is 0 Å². The second-order valence-electron chi connectivity index (χ2n) is 4.02. The molecule has 0 saturated heterocycles. The van der Waals surface area contributed by atoms with E-state index in [0.717, 1.165) is 18.5 Å². The van der Waals surface area contributed by atoms with Gasteiger partial charge in [-0.25, -0.2) is 4.98 Å². The summed E-state index contributed by atoms with van der Waals surface area (Å²) in [6, 6.07) is 6.51. The van der Waals surface area contributed by atoms with E-state index < -0.39 is 0 Å². The Morgan fingerprint density at radius 2 is 2.06 bits per heavy atom. The summed E-state index contributed by atoms with van der Waals surface area (Å²) in [7, 11) is 0.